The Balaban J connectivity index is 0.000000676. The maximum atomic E-state index is 10.6. The molecule has 4 rings (SSSR count). The van der Waals surface area contributed by atoms with Gasteiger partial charge in [-0.2, -0.15) is 13.2 Å². The smallest absolute Gasteiger partial charge is 0.475 e. The number of carbonyl (C=O) groups is 1. The summed E-state index contributed by atoms with van der Waals surface area (Å²) in [5.74, 6) is -1.98. The fourth-order valence-corrected chi connectivity index (χ4v) is 4.04. The topological polar surface area (TPSA) is 197 Å². The Hall–Kier alpha value is -4.28. The van der Waals surface area contributed by atoms with E-state index in [9.17, 15) is 18.3 Å². The first-order valence-electron chi connectivity index (χ1n) is 13.8. The van der Waals surface area contributed by atoms with E-state index in [2.05, 4.69) is 46.3 Å². The number of aliphatic carboxylic acids is 1. The number of fused-ring (bicyclic) bond motifs is 1. The van der Waals surface area contributed by atoms with E-state index >= 15 is 0 Å². The number of nitrogens with zero attached hydrogens (tertiary/aromatic N) is 5. The molecule has 0 spiro atoms. The number of aliphatic hydroxyl groups is 2. The SMILES string of the molecule is CC(C)(C)CCn1c(-c2nonc2N)nc2c(-c3ccccc3)ncc(NCCCNC[C@H](O)CO)c21.O=C(O)C(F)(F)F. The third-order valence-electron chi connectivity index (χ3n) is 6.31. The lowest BCUT2D eigenvalue weighted by atomic mass is 9.92. The van der Waals surface area contributed by atoms with E-state index < -0.39 is 18.2 Å². The Bertz CT molecular complexity index is 1500. The number of carboxylic acids is 1. The summed E-state index contributed by atoms with van der Waals surface area (Å²) in [4.78, 5) is 18.7. The summed E-state index contributed by atoms with van der Waals surface area (Å²) in [5, 5.41) is 40.1. The number of hydrogen-bond donors (Lipinski definition) is 6. The summed E-state index contributed by atoms with van der Waals surface area (Å²) < 4.78 is 38.8. The summed E-state index contributed by atoms with van der Waals surface area (Å²) in [5.41, 5.74) is 10.8. The van der Waals surface area contributed by atoms with E-state index in [0.717, 1.165) is 40.8 Å². The highest BCUT2D eigenvalue weighted by atomic mass is 19.4. The van der Waals surface area contributed by atoms with Crippen molar-refractivity contribution >= 4 is 28.5 Å². The molecule has 13 nitrogen and oxygen atoms in total. The van der Waals surface area contributed by atoms with E-state index in [1.807, 2.05) is 36.5 Å². The molecule has 0 saturated heterocycles. The number of alkyl halides is 3. The number of aryl methyl sites for hydroxylation is 1. The lowest BCUT2D eigenvalue weighted by Crippen LogP contribution is -2.30. The van der Waals surface area contributed by atoms with Crippen LogP contribution in [0, 0.1) is 5.41 Å². The molecule has 3 aromatic heterocycles. The molecule has 0 aliphatic carbocycles. The van der Waals surface area contributed by atoms with Gasteiger partial charge in [-0.15, -0.1) is 0 Å². The van der Waals surface area contributed by atoms with Crippen molar-refractivity contribution in [3.8, 4) is 22.8 Å². The van der Waals surface area contributed by atoms with Gasteiger partial charge in [0.25, 0.3) is 0 Å². The van der Waals surface area contributed by atoms with Gasteiger partial charge in [-0.1, -0.05) is 51.1 Å². The molecule has 0 aliphatic heterocycles. The van der Waals surface area contributed by atoms with Crippen LogP contribution < -0.4 is 16.4 Å². The number of aliphatic hydroxyl groups excluding tert-OH is 2. The molecule has 0 radical (unpaired) electrons. The highest BCUT2D eigenvalue weighted by Gasteiger charge is 2.38. The van der Waals surface area contributed by atoms with Gasteiger partial charge in [0.05, 0.1) is 35.8 Å². The van der Waals surface area contributed by atoms with Crippen molar-refractivity contribution in [1.29, 1.82) is 0 Å². The van der Waals surface area contributed by atoms with E-state index in [0.29, 0.717) is 37.7 Å². The van der Waals surface area contributed by atoms with Crippen LogP contribution in [0.15, 0.2) is 41.2 Å². The van der Waals surface area contributed by atoms with Gasteiger partial charge >= 0.3 is 12.1 Å². The molecule has 0 fully saturated rings. The maximum absolute atomic E-state index is 10.6. The Kier molecular flexibility index (Phi) is 11.6. The predicted molar refractivity (Wildman–Crippen MR) is 158 cm³/mol. The van der Waals surface area contributed by atoms with E-state index in [4.69, 9.17) is 35.3 Å². The number of halogens is 3. The summed E-state index contributed by atoms with van der Waals surface area (Å²) in [6, 6.07) is 9.96. The number of nitrogens with one attached hydrogen (secondary N) is 2. The highest BCUT2D eigenvalue weighted by Crippen LogP contribution is 2.36. The normalized spacial score (nSPS) is 12.5. The van der Waals surface area contributed by atoms with Crippen molar-refractivity contribution in [3.63, 3.8) is 0 Å². The van der Waals surface area contributed by atoms with Crippen LogP contribution in [0.2, 0.25) is 0 Å². The number of pyridine rings is 1. The zero-order valence-electron chi connectivity index (χ0n) is 24.6. The van der Waals surface area contributed by atoms with Crippen molar-refractivity contribution in [2.24, 2.45) is 5.41 Å². The molecule has 0 unspecified atom stereocenters. The summed E-state index contributed by atoms with van der Waals surface area (Å²) in [7, 11) is 0. The number of imidazole rings is 1. The predicted octanol–water partition coefficient (Wildman–Crippen LogP) is 3.54. The molecular formula is C28H37F3N8O5. The first-order chi connectivity index (χ1) is 20.7. The largest absolute Gasteiger partial charge is 0.490 e. The van der Waals surface area contributed by atoms with Gasteiger partial charge in [0.15, 0.2) is 17.3 Å². The van der Waals surface area contributed by atoms with Crippen LogP contribution >= 0.6 is 0 Å². The minimum Gasteiger partial charge on any atom is -0.475 e. The van der Waals surface area contributed by atoms with Crippen LogP contribution in [-0.4, -0.2) is 84.7 Å². The van der Waals surface area contributed by atoms with Gasteiger partial charge < -0.3 is 36.3 Å². The molecule has 0 saturated carbocycles. The quantitative estimate of drug-likeness (QED) is 0.126. The minimum atomic E-state index is -5.08. The van der Waals surface area contributed by atoms with Crippen LogP contribution in [0.5, 0.6) is 0 Å². The third kappa shape index (κ3) is 9.36. The fourth-order valence-electron chi connectivity index (χ4n) is 4.04. The Morgan fingerprint density at radius 1 is 1.11 bits per heavy atom. The number of carboxylic acid groups (broad SMARTS) is 1. The standard InChI is InChI=1S/C26H36N8O3.C2HF3O2/c1-26(2,3)10-13-34-23-19(29-12-7-11-28-14-18(36)16-35)15-30-20(17-8-5-4-6-9-17)21(23)31-25(34)22-24(27)33-37-32-22;3-2(4,5)1(6)7/h4-6,8-9,15,18,28-29,35-36H,7,10-14,16H2,1-3H3,(H2,27,33);(H,6,7)/t18-;/m0./s1. The maximum Gasteiger partial charge on any atom is 0.490 e. The number of benzene rings is 1. The number of nitrogen functional groups attached to an aromatic ring is 1. The van der Waals surface area contributed by atoms with Crippen LogP contribution in [0.1, 0.15) is 33.6 Å². The Morgan fingerprint density at radius 2 is 1.80 bits per heavy atom. The first kappa shape index (κ1) is 34.2. The first-order valence-corrected chi connectivity index (χ1v) is 13.8. The van der Waals surface area contributed by atoms with Gasteiger partial charge in [0.1, 0.15) is 5.52 Å². The fraction of sp³-hybridized carbons (Fsp3) is 0.464. The second-order valence-corrected chi connectivity index (χ2v) is 11.1. The third-order valence-corrected chi connectivity index (χ3v) is 6.31. The van der Waals surface area contributed by atoms with Gasteiger partial charge in [-0.25, -0.2) is 14.4 Å². The molecule has 3 heterocycles. The number of rotatable bonds is 12. The average Bonchev–Trinajstić information content (AvgIpc) is 3.56. The Morgan fingerprint density at radius 3 is 2.36 bits per heavy atom. The van der Waals surface area contributed by atoms with Gasteiger partial charge in [0.2, 0.25) is 0 Å². The number of anilines is 2. The number of aromatic nitrogens is 5. The lowest BCUT2D eigenvalue weighted by molar-refractivity contribution is -0.192. The Labute approximate surface area is 251 Å². The monoisotopic (exact) mass is 622 g/mol. The number of nitrogens with two attached hydrogens (primary N) is 1. The van der Waals surface area contributed by atoms with E-state index in [1.54, 1.807) is 0 Å². The van der Waals surface area contributed by atoms with Crippen molar-refractivity contribution in [2.75, 3.05) is 37.3 Å². The summed E-state index contributed by atoms with van der Waals surface area (Å²) in [6.07, 6.45) is -2.28. The number of hydrogen-bond acceptors (Lipinski definition) is 11. The van der Waals surface area contributed by atoms with Crippen molar-refractivity contribution < 1.29 is 37.9 Å². The summed E-state index contributed by atoms with van der Waals surface area (Å²) >= 11 is 0. The molecule has 0 bridgehead atoms. The second kappa shape index (κ2) is 14.9. The second-order valence-electron chi connectivity index (χ2n) is 11.1. The van der Waals surface area contributed by atoms with Crippen LogP contribution in [-0.2, 0) is 11.3 Å². The van der Waals surface area contributed by atoms with Gasteiger partial charge in [-0.05, 0) is 35.1 Å². The molecule has 240 valence electrons. The molecule has 0 amide bonds. The van der Waals surface area contributed by atoms with Gasteiger partial charge in [0, 0.05) is 25.2 Å². The minimum absolute atomic E-state index is 0.0924. The molecule has 1 atom stereocenters. The molecule has 16 heteroatoms. The molecule has 44 heavy (non-hydrogen) atoms. The highest BCUT2D eigenvalue weighted by molar-refractivity contribution is 5.99. The zero-order valence-corrected chi connectivity index (χ0v) is 24.6. The molecule has 1 aromatic carbocycles. The molecule has 7 N–H and O–H groups in total. The van der Waals surface area contributed by atoms with E-state index in [-0.39, 0.29) is 17.8 Å². The van der Waals surface area contributed by atoms with Crippen molar-refractivity contribution in [1.82, 2.24) is 30.2 Å². The van der Waals surface area contributed by atoms with Gasteiger partial charge in [-0.3, -0.25) is 4.98 Å². The molecular weight excluding hydrogens is 585 g/mol. The summed E-state index contributed by atoms with van der Waals surface area (Å²) in [6.45, 7) is 8.77. The average molecular weight is 623 g/mol. The lowest BCUT2D eigenvalue weighted by Gasteiger charge is -2.20. The van der Waals surface area contributed by atoms with Crippen molar-refractivity contribution in [3.05, 3.63) is 36.5 Å². The van der Waals surface area contributed by atoms with Crippen molar-refractivity contribution in [2.45, 2.75) is 52.4 Å². The molecule has 4 aromatic rings. The zero-order chi connectivity index (χ0) is 32.5. The van der Waals surface area contributed by atoms with E-state index in [1.165, 1.54) is 0 Å². The van der Waals surface area contributed by atoms with Crippen LogP contribution in [0.4, 0.5) is 24.7 Å². The molecule has 0 aliphatic rings. The van der Waals surface area contributed by atoms with Crippen LogP contribution in [0.3, 0.4) is 0 Å². The van der Waals surface area contributed by atoms with Crippen LogP contribution in [0.25, 0.3) is 33.8 Å².